The number of nitrogens with zero attached hydrogens (tertiary/aromatic N) is 3. The van der Waals surface area contributed by atoms with Gasteiger partial charge >= 0.3 is 0 Å². The Morgan fingerprint density at radius 2 is 2.05 bits per heavy atom. The van der Waals surface area contributed by atoms with Gasteiger partial charge in [0.1, 0.15) is 0 Å². The molecule has 0 saturated carbocycles. The number of benzene rings is 1. The molecule has 0 bridgehead atoms. The van der Waals surface area contributed by atoms with E-state index in [4.69, 9.17) is 10.00 Å². The highest BCUT2D eigenvalue weighted by Crippen LogP contribution is 2.18. The van der Waals surface area contributed by atoms with Gasteiger partial charge < -0.3 is 9.64 Å². The predicted molar refractivity (Wildman–Crippen MR) is 84.6 cm³/mol. The molecule has 0 spiro atoms. The van der Waals surface area contributed by atoms with Gasteiger partial charge in [0.25, 0.3) is 5.91 Å². The van der Waals surface area contributed by atoms with Gasteiger partial charge in [-0.3, -0.25) is 9.69 Å². The second kappa shape index (κ2) is 7.39. The fourth-order valence-corrected chi connectivity index (χ4v) is 3.06. The molecule has 22 heavy (non-hydrogen) atoms. The summed E-state index contributed by atoms with van der Waals surface area (Å²) in [5.41, 5.74) is 1.11. The monoisotopic (exact) mass is 301 g/mol. The van der Waals surface area contributed by atoms with Crippen molar-refractivity contribution in [3.05, 3.63) is 35.4 Å². The largest absolute Gasteiger partial charge is 0.383 e. The minimum absolute atomic E-state index is 0.00203. The average molecular weight is 301 g/mol. The molecule has 1 saturated heterocycles. The molecule has 1 fully saturated rings. The Balaban J connectivity index is 2.08. The molecular formula is C17H23N3O2. The summed E-state index contributed by atoms with van der Waals surface area (Å²) in [6.45, 7) is 7.25. The molecule has 2 atom stereocenters. The van der Waals surface area contributed by atoms with Crippen molar-refractivity contribution < 1.29 is 9.53 Å². The van der Waals surface area contributed by atoms with E-state index in [0.29, 0.717) is 42.9 Å². The Morgan fingerprint density at radius 3 is 2.64 bits per heavy atom. The number of nitriles is 1. The first-order chi connectivity index (χ1) is 10.6. The van der Waals surface area contributed by atoms with E-state index in [9.17, 15) is 4.79 Å². The minimum Gasteiger partial charge on any atom is -0.383 e. The number of piperazine rings is 1. The van der Waals surface area contributed by atoms with Crippen LogP contribution in [0.4, 0.5) is 0 Å². The van der Waals surface area contributed by atoms with Crippen molar-refractivity contribution in [2.24, 2.45) is 0 Å². The van der Waals surface area contributed by atoms with Gasteiger partial charge in [-0.15, -0.1) is 0 Å². The van der Waals surface area contributed by atoms with Crippen LogP contribution >= 0.6 is 0 Å². The molecular weight excluding hydrogens is 278 g/mol. The molecule has 2 unspecified atom stereocenters. The quantitative estimate of drug-likeness (QED) is 0.850. The van der Waals surface area contributed by atoms with Crippen LogP contribution in [0.2, 0.25) is 0 Å². The molecule has 0 aliphatic carbocycles. The summed E-state index contributed by atoms with van der Waals surface area (Å²) in [5, 5.41) is 8.96. The molecule has 0 N–H and O–H groups in total. The van der Waals surface area contributed by atoms with Crippen molar-refractivity contribution in [1.82, 2.24) is 9.80 Å². The summed E-state index contributed by atoms with van der Waals surface area (Å²) >= 11 is 0. The van der Waals surface area contributed by atoms with Crippen LogP contribution in [0.25, 0.3) is 0 Å². The third kappa shape index (κ3) is 3.65. The summed E-state index contributed by atoms with van der Waals surface area (Å²) in [5.74, 6) is 0.00203. The Bertz CT molecular complexity index is 555. The Labute approximate surface area is 132 Å². The number of carbonyl (C=O) groups excluding carboxylic acids is 1. The summed E-state index contributed by atoms with van der Waals surface area (Å²) in [6, 6.07) is 9.57. The van der Waals surface area contributed by atoms with Crippen molar-refractivity contribution in [2.75, 3.05) is 33.4 Å². The van der Waals surface area contributed by atoms with E-state index in [1.807, 2.05) is 4.90 Å². The van der Waals surface area contributed by atoms with Gasteiger partial charge in [0.2, 0.25) is 0 Å². The van der Waals surface area contributed by atoms with Crippen molar-refractivity contribution >= 4 is 5.91 Å². The van der Waals surface area contributed by atoms with Crippen LogP contribution in [0, 0.1) is 11.3 Å². The molecule has 1 heterocycles. The fraction of sp³-hybridized carbons (Fsp3) is 0.529. The molecule has 0 aromatic heterocycles. The zero-order chi connectivity index (χ0) is 16.1. The molecule has 0 radical (unpaired) electrons. The van der Waals surface area contributed by atoms with Crippen molar-refractivity contribution in [3.8, 4) is 6.07 Å². The maximum Gasteiger partial charge on any atom is 0.254 e. The van der Waals surface area contributed by atoms with E-state index >= 15 is 0 Å². The maximum atomic E-state index is 12.7. The highest BCUT2D eigenvalue weighted by atomic mass is 16.5. The summed E-state index contributed by atoms with van der Waals surface area (Å²) < 4.78 is 5.16. The molecule has 1 aliphatic heterocycles. The highest BCUT2D eigenvalue weighted by molar-refractivity contribution is 5.94. The van der Waals surface area contributed by atoms with Crippen molar-refractivity contribution in [3.63, 3.8) is 0 Å². The number of hydrogen-bond donors (Lipinski definition) is 0. The van der Waals surface area contributed by atoms with E-state index in [1.165, 1.54) is 0 Å². The first-order valence-electron chi connectivity index (χ1n) is 7.61. The van der Waals surface area contributed by atoms with Crippen LogP contribution in [0.15, 0.2) is 24.3 Å². The molecule has 5 nitrogen and oxygen atoms in total. The minimum atomic E-state index is 0.00203. The second-order valence-electron chi connectivity index (χ2n) is 5.83. The first-order valence-corrected chi connectivity index (χ1v) is 7.61. The van der Waals surface area contributed by atoms with E-state index < -0.39 is 0 Å². The van der Waals surface area contributed by atoms with Crippen LogP contribution in [0.5, 0.6) is 0 Å². The number of hydrogen-bond acceptors (Lipinski definition) is 4. The number of carbonyl (C=O) groups is 1. The second-order valence-corrected chi connectivity index (χ2v) is 5.83. The topological polar surface area (TPSA) is 56.6 Å². The normalized spacial score (nSPS) is 22.4. The molecule has 1 aromatic carbocycles. The lowest BCUT2D eigenvalue weighted by atomic mass is 10.1. The lowest BCUT2D eigenvalue weighted by Crippen LogP contribution is -2.58. The van der Waals surface area contributed by atoms with Crippen LogP contribution in [-0.4, -0.2) is 61.1 Å². The Morgan fingerprint density at radius 1 is 1.36 bits per heavy atom. The van der Waals surface area contributed by atoms with Gasteiger partial charge in [0.05, 0.1) is 18.2 Å². The van der Waals surface area contributed by atoms with Gasteiger partial charge in [0, 0.05) is 44.4 Å². The Hall–Kier alpha value is -1.90. The van der Waals surface area contributed by atoms with Crippen molar-refractivity contribution in [2.45, 2.75) is 25.9 Å². The molecule has 1 aromatic rings. The number of ether oxygens (including phenoxy) is 1. The van der Waals surface area contributed by atoms with Gasteiger partial charge in [-0.2, -0.15) is 5.26 Å². The smallest absolute Gasteiger partial charge is 0.254 e. The SMILES string of the molecule is COCCN1C(C)CN(C(=O)c2cccc(C#N)c2)CC1C. The van der Waals surface area contributed by atoms with Gasteiger partial charge in [-0.05, 0) is 32.0 Å². The van der Waals surface area contributed by atoms with Gasteiger partial charge in [-0.1, -0.05) is 6.07 Å². The van der Waals surface area contributed by atoms with Crippen LogP contribution in [0.1, 0.15) is 29.8 Å². The first kappa shape index (κ1) is 16.5. The third-order valence-corrected chi connectivity index (χ3v) is 4.18. The number of rotatable bonds is 4. The van der Waals surface area contributed by atoms with E-state index in [2.05, 4.69) is 24.8 Å². The molecule has 5 heteroatoms. The molecule has 1 aliphatic rings. The third-order valence-electron chi connectivity index (χ3n) is 4.18. The number of amides is 1. The standard InChI is InChI=1S/C17H23N3O2/c1-13-11-19(12-14(2)20(13)7-8-22-3)17(21)16-6-4-5-15(9-16)10-18/h4-6,9,13-14H,7-8,11-12H2,1-3H3. The van der Waals surface area contributed by atoms with Crippen LogP contribution in [-0.2, 0) is 4.74 Å². The van der Waals surface area contributed by atoms with Gasteiger partial charge in [-0.25, -0.2) is 0 Å². The average Bonchev–Trinajstić information content (AvgIpc) is 2.53. The molecule has 118 valence electrons. The zero-order valence-corrected chi connectivity index (χ0v) is 13.5. The van der Waals surface area contributed by atoms with Crippen LogP contribution < -0.4 is 0 Å². The molecule has 2 rings (SSSR count). The summed E-state index contributed by atoms with van der Waals surface area (Å²) in [6.07, 6.45) is 0. The Kier molecular flexibility index (Phi) is 5.53. The van der Waals surface area contributed by atoms with Crippen molar-refractivity contribution in [1.29, 1.82) is 5.26 Å². The summed E-state index contributed by atoms with van der Waals surface area (Å²) in [7, 11) is 1.71. The van der Waals surface area contributed by atoms with E-state index in [0.717, 1.165) is 6.54 Å². The fourth-order valence-electron chi connectivity index (χ4n) is 3.06. The maximum absolute atomic E-state index is 12.7. The lowest BCUT2D eigenvalue weighted by Gasteiger charge is -2.44. The van der Waals surface area contributed by atoms with Crippen LogP contribution in [0.3, 0.4) is 0 Å². The van der Waals surface area contributed by atoms with E-state index in [-0.39, 0.29) is 5.91 Å². The molecule has 1 amide bonds. The van der Waals surface area contributed by atoms with E-state index in [1.54, 1.807) is 31.4 Å². The summed E-state index contributed by atoms with van der Waals surface area (Å²) in [4.78, 5) is 16.9. The number of methoxy groups -OCH3 is 1. The predicted octanol–water partition coefficient (Wildman–Crippen LogP) is 1.74. The lowest BCUT2D eigenvalue weighted by molar-refractivity contribution is 0.0193. The highest BCUT2D eigenvalue weighted by Gasteiger charge is 2.31. The zero-order valence-electron chi connectivity index (χ0n) is 13.5. The van der Waals surface area contributed by atoms with Gasteiger partial charge in [0.15, 0.2) is 0 Å².